The Balaban J connectivity index is 2.49. The number of ether oxygens (including phenoxy) is 1. The summed E-state index contributed by atoms with van der Waals surface area (Å²) >= 11 is 0. The zero-order valence-electron chi connectivity index (χ0n) is 15.8. The van der Waals surface area contributed by atoms with Gasteiger partial charge >= 0.3 is 11.9 Å². The van der Waals surface area contributed by atoms with E-state index in [0.29, 0.717) is 0 Å². The normalized spacial score (nSPS) is 22.5. The predicted molar refractivity (Wildman–Crippen MR) is 96.4 cm³/mol. The summed E-state index contributed by atoms with van der Waals surface area (Å²) in [5.41, 5.74) is 1.81. The van der Waals surface area contributed by atoms with Crippen LogP contribution in [0.25, 0.3) is 0 Å². The van der Waals surface area contributed by atoms with Crippen LogP contribution >= 0.6 is 0 Å². The Labute approximate surface area is 154 Å². The average molecular weight is 361 g/mol. The smallest absolute Gasteiger partial charge is 0.326 e. The van der Waals surface area contributed by atoms with Crippen molar-refractivity contribution in [3.8, 4) is 0 Å². The highest BCUT2D eigenvalue weighted by Crippen LogP contribution is 2.42. The number of nitrogens with zero attached hydrogens (tertiary/aromatic N) is 1. The third kappa shape index (κ3) is 4.23. The van der Waals surface area contributed by atoms with Gasteiger partial charge in [0.25, 0.3) is 0 Å². The van der Waals surface area contributed by atoms with E-state index in [0.717, 1.165) is 11.1 Å². The van der Waals surface area contributed by atoms with E-state index in [1.807, 2.05) is 45.0 Å². The maximum atomic E-state index is 12.9. The number of esters is 1. The van der Waals surface area contributed by atoms with Crippen molar-refractivity contribution < 1.29 is 24.2 Å². The second-order valence-corrected chi connectivity index (χ2v) is 7.20. The fourth-order valence-electron chi connectivity index (χ4n) is 3.51. The summed E-state index contributed by atoms with van der Waals surface area (Å²) in [6.07, 6.45) is 0.304. The Bertz CT molecular complexity index is 667. The molecule has 6 heteroatoms. The summed E-state index contributed by atoms with van der Waals surface area (Å²) in [5.74, 6) is -2.38. The second-order valence-electron chi connectivity index (χ2n) is 7.20. The monoisotopic (exact) mass is 361 g/mol. The van der Waals surface area contributed by atoms with E-state index in [2.05, 4.69) is 0 Å². The van der Waals surface area contributed by atoms with Crippen LogP contribution in [0.5, 0.6) is 0 Å². The molecule has 0 aliphatic carbocycles. The van der Waals surface area contributed by atoms with Gasteiger partial charge in [0.15, 0.2) is 0 Å². The molecule has 0 saturated carbocycles. The molecule has 0 radical (unpaired) electrons. The van der Waals surface area contributed by atoms with Crippen molar-refractivity contribution in [1.29, 1.82) is 0 Å². The Morgan fingerprint density at radius 2 is 1.85 bits per heavy atom. The molecule has 1 aliphatic heterocycles. The molecular formula is C20H27NO5. The highest BCUT2D eigenvalue weighted by atomic mass is 16.5. The number of aliphatic carboxylic acids is 1. The van der Waals surface area contributed by atoms with E-state index in [9.17, 15) is 19.5 Å². The molecule has 1 aromatic rings. The fourth-order valence-corrected chi connectivity index (χ4v) is 3.51. The summed E-state index contributed by atoms with van der Waals surface area (Å²) in [6, 6.07) is 5.86. The Hall–Kier alpha value is -2.37. The minimum atomic E-state index is -1.09. The van der Waals surface area contributed by atoms with Crippen molar-refractivity contribution in [2.45, 2.75) is 52.6 Å². The van der Waals surface area contributed by atoms with Gasteiger partial charge in [0.05, 0.1) is 18.6 Å². The standard InChI is InChI=1S/C20H27NO5/c1-5-26-20(25)15-11-16(19(23)24)21(17(22)10-12(2)3)18(15)14-8-6-13(4)7-9-14/h6-9,12,15-16,18H,5,10-11H2,1-4H3,(H,23,24). The molecule has 6 nitrogen and oxygen atoms in total. The van der Waals surface area contributed by atoms with Crippen LogP contribution in [-0.2, 0) is 19.1 Å². The summed E-state index contributed by atoms with van der Waals surface area (Å²) in [5, 5.41) is 9.66. The lowest BCUT2D eigenvalue weighted by Gasteiger charge is -2.31. The number of aryl methyl sites for hydroxylation is 1. The van der Waals surface area contributed by atoms with Crippen molar-refractivity contribution in [2.24, 2.45) is 11.8 Å². The number of carbonyl (C=O) groups excluding carboxylic acids is 2. The van der Waals surface area contributed by atoms with Crippen LogP contribution in [0.4, 0.5) is 0 Å². The van der Waals surface area contributed by atoms with E-state index in [-0.39, 0.29) is 31.3 Å². The number of amides is 1. The van der Waals surface area contributed by atoms with Crippen LogP contribution in [0.2, 0.25) is 0 Å². The van der Waals surface area contributed by atoms with Gasteiger partial charge in [-0.1, -0.05) is 43.7 Å². The number of likely N-dealkylation sites (tertiary alicyclic amines) is 1. The number of carbonyl (C=O) groups is 3. The molecule has 1 aromatic carbocycles. The first-order valence-electron chi connectivity index (χ1n) is 9.03. The molecule has 1 fully saturated rings. The first-order valence-corrected chi connectivity index (χ1v) is 9.03. The van der Waals surface area contributed by atoms with Crippen molar-refractivity contribution in [2.75, 3.05) is 6.61 Å². The molecular weight excluding hydrogens is 334 g/mol. The van der Waals surface area contributed by atoms with Crippen LogP contribution in [0, 0.1) is 18.8 Å². The second kappa shape index (κ2) is 8.34. The summed E-state index contributed by atoms with van der Waals surface area (Å²) in [7, 11) is 0. The highest BCUT2D eigenvalue weighted by molar-refractivity contribution is 5.87. The van der Waals surface area contributed by atoms with Crippen molar-refractivity contribution in [1.82, 2.24) is 4.90 Å². The highest BCUT2D eigenvalue weighted by Gasteiger charge is 2.50. The Morgan fingerprint density at radius 3 is 2.35 bits per heavy atom. The van der Waals surface area contributed by atoms with Crippen LogP contribution in [0.15, 0.2) is 24.3 Å². The molecule has 1 amide bonds. The van der Waals surface area contributed by atoms with Crippen LogP contribution < -0.4 is 0 Å². The maximum Gasteiger partial charge on any atom is 0.326 e. The van der Waals surface area contributed by atoms with E-state index >= 15 is 0 Å². The predicted octanol–water partition coefficient (Wildman–Crippen LogP) is 2.95. The minimum Gasteiger partial charge on any atom is -0.480 e. The lowest BCUT2D eigenvalue weighted by molar-refractivity contribution is -0.151. The molecule has 1 heterocycles. The Morgan fingerprint density at radius 1 is 1.23 bits per heavy atom. The third-order valence-electron chi connectivity index (χ3n) is 4.66. The number of hydrogen-bond acceptors (Lipinski definition) is 4. The lowest BCUT2D eigenvalue weighted by Crippen LogP contribution is -2.42. The van der Waals surface area contributed by atoms with Gasteiger partial charge in [-0.3, -0.25) is 9.59 Å². The van der Waals surface area contributed by atoms with E-state index < -0.39 is 29.9 Å². The molecule has 1 N–H and O–H groups in total. The van der Waals surface area contributed by atoms with Crippen molar-refractivity contribution in [3.63, 3.8) is 0 Å². The summed E-state index contributed by atoms with van der Waals surface area (Å²) in [4.78, 5) is 38.6. The third-order valence-corrected chi connectivity index (χ3v) is 4.66. The SMILES string of the molecule is CCOC(=O)C1CC(C(=O)O)N(C(=O)CC(C)C)C1c1ccc(C)cc1. The number of hydrogen-bond donors (Lipinski definition) is 1. The zero-order chi connectivity index (χ0) is 19.4. The number of benzene rings is 1. The number of carboxylic acids is 1. The molecule has 0 aromatic heterocycles. The molecule has 1 saturated heterocycles. The van der Waals surface area contributed by atoms with Crippen LogP contribution in [0.3, 0.4) is 0 Å². The van der Waals surface area contributed by atoms with Gasteiger partial charge in [-0.25, -0.2) is 4.79 Å². The number of carboxylic acid groups (broad SMARTS) is 1. The molecule has 2 rings (SSSR count). The van der Waals surface area contributed by atoms with Gasteiger partial charge < -0.3 is 14.7 Å². The van der Waals surface area contributed by atoms with Crippen LogP contribution in [-0.4, -0.2) is 40.5 Å². The molecule has 3 unspecified atom stereocenters. The summed E-state index contributed by atoms with van der Waals surface area (Å²) < 4.78 is 5.17. The maximum absolute atomic E-state index is 12.9. The largest absolute Gasteiger partial charge is 0.480 e. The molecule has 1 aliphatic rings. The Kier molecular flexibility index (Phi) is 6.40. The molecule has 26 heavy (non-hydrogen) atoms. The van der Waals surface area contributed by atoms with Gasteiger partial charge in [-0.2, -0.15) is 0 Å². The molecule has 0 bridgehead atoms. The fraction of sp³-hybridized carbons (Fsp3) is 0.550. The van der Waals surface area contributed by atoms with Gasteiger partial charge in [0.2, 0.25) is 5.91 Å². The first kappa shape index (κ1) is 19.9. The van der Waals surface area contributed by atoms with E-state index in [1.165, 1.54) is 4.90 Å². The van der Waals surface area contributed by atoms with Crippen molar-refractivity contribution in [3.05, 3.63) is 35.4 Å². The first-order chi connectivity index (χ1) is 12.3. The molecule has 0 spiro atoms. The summed E-state index contributed by atoms with van der Waals surface area (Å²) in [6.45, 7) is 7.70. The van der Waals surface area contributed by atoms with Gasteiger partial charge in [-0.15, -0.1) is 0 Å². The molecule has 142 valence electrons. The number of rotatable bonds is 6. The minimum absolute atomic E-state index is 0.0660. The van der Waals surface area contributed by atoms with Crippen molar-refractivity contribution >= 4 is 17.8 Å². The van der Waals surface area contributed by atoms with E-state index in [1.54, 1.807) is 6.92 Å². The lowest BCUT2D eigenvalue weighted by atomic mass is 9.92. The van der Waals surface area contributed by atoms with Gasteiger partial charge in [0, 0.05) is 6.42 Å². The quantitative estimate of drug-likeness (QED) is 0.788. The zero-order valence-corrected chi connectivity index (χ0v) is 15.8. The van der Waals surface area contributed by atoms with Crippen LogP contribution in [0.1, 0.15) is 50.8 Å². The van der Waals surface area contributed by atoms with Gasteiger partial charge in [0.1, 0.15) is 6.04 Å². The van der Waals surface area contributed by atoms with E-state index in [4.69, 9.17) is 4.74 Å². The average Bonchev–Trinajstić information content (AvgIpc) is 2.96. The van der Waals surface area contributed by atoms with Gasteiger partial charge in [-0.05, 0) is 31.7 Å². The topological polar surface area (TPSA) is 83.9 Å². The molecule has 3 atom stereocenters.